The van der Waals surface area contributed by atoms with E-state index in [0.717, 1.165) is 41.9 Å². The number of ether oxygens (including phenoxy) is 1. The first-order chi connectivity index (χ1) is 16.9. The van der Waals surface area contributed by atoms with Crippen molar-refractivity contribution in [2.45, 2.75) is 63.4 Å². The quantitative estimate of drug-likeness (QED) is 0.230. The number of benzene rings is 2. The molecular formula is C25H26F2O6S3. The Balaban J connectivity index is 1.17. The van der Waals surface area contributed by atoms with E-state index < -0.39 is 31.9 Å². The minimum Gasteiger partial charge on any atom is -0.433 e. The first-order valence-electron chi connectivity index (χ1n) is 11.7. The van der Waals surface area contributed by atoms with Gasteiger partial charge in [-0.15, -0.1) is 0 Å². The molecule has 0 amide bonds. The number of hydrogen-bond acceptors (Lipinski definition) is 8. The standard InChI is InChI=1S/C25H26F2O6S3/c26-25(27,35-21-8-6-20(7-9-21)34-19-4-2-1-3-5-19)36(30,31)33-22(28)32-16-23-11-17-10-18(12-23)14-24(29,13-17)15-23/h1-9,17-18,29H,10-16H2. The number of carbonyl (C=O) groups is 1. The molecule has 36 heavy (non-hydrogen) atoms. The highest BCUT2D eigenvalue weighted by molar-refractivity contribution is 8.12. The maximum Gasteiger partial charge on any atom is 0.524 e. The summed E-state index contributed by atoms with van der Waals surface area (Å²) in [7, 11) is -5.61. The zero-order valence-electron chi connectivity index (χ0n) is 19.3. The van der Waals surface area contributed by atoms with Gasteiger partial charge < -0.3 is 14.0 Å². The molecule has 11 heteroatoms. The van der Waals surface area contributed by atoms with Crippen LogP contribution in [0.15, 0.2) is 69.3 Å². The monoisotopic (exact) mass is 556 g/mol. The lowest BCUT2D eigenvalue weighted by Crippen LogP contribution is -2.57. The van der Waals surface area contributed by atoms with Gasteiger partial charge in [-0.2, -0.15) is 17.2 Å². The van der Waals surface area contributed by atoms with E-state index in [1.165, 1.54) is 23.9 Å². The van der Waals surface area contributed by atoms with Gasteiger partial charge in [0.1, 0.15) is 6.61 Å². The molecule has 2 atom stereocenters. The molecule has 6 rings (SSSR count). The van der Waals surface area contributed by atoms with Crippen molar-refractivity contribution in [2.24, 2.45) is 17.3 Å². The Hall–Kier alpha value is -1.82. The Kier molecular flexibility index (Phi) is 6.80. The molecule has 0 spiro atoms. The summed E-state index contributed by atoms with van der Waals surface area (Å²) in [6.07, 6.45) is 2.77. The van der Waals surface area contributed by atoms with Crippen molar-refractivity contribution in [1.29, 1.82) is 0 Å². The minimum atomic E-state index is -5.61. The molecule has 0 radical (unpaired) electrons. The maximum absolute atomic E-state index is 14.6. The van der Waals surface area contributed by atoms with Crippen LogP contribution in [0.2, 0.25) is 0 Å². The van der Waals surface area contributed by atoms with Gasteiger partial charge in [0.2, 0.25) is 0 Å². The second-order valence-corrected chi connectivity index (χ2v) is 14.4. The second kappa shape index (κ2) is 9.49. The molecular weight excluding hydrogens is 530 g/mol. The largest absolute Gasteiger partial charge is 0.524 e. The van der Waals surface area contributed by atoms with Crippen molar-refractivity contribution in [3.63, 3.8) is 0 Å². The van der Waals surface area contributed by atoms with Crippen molar-refractivity contribution in [3.8, 4) is 0 Å². The molecule has 2 aromatic carbocycles. The van der Waals surface area contributed by atoms with Crippen LogP contribution in [0, 0.1) is 17.3 Å². The predicted octanol–water partition coefficient (Wildman–Crippen LogP) is 6.29. The number of halogens is 2. The van der Waals surface area contributed by atoms with Gasteiger partial charge in [0.15, 0.2) is 0 Å². The van der Waals surface area contributed by atoms with Crippen LogP contribution in [-0.4, -0.2) is 36.5 Å². The molecule has 2 unspecified atom stereocenters. The highest BCUT2D eigenvalue weighted by Gasteiger charge is 2.58. The van der Waals surface area contributed by atoms with Crippen molar-refractivity contribution < 1.29 is 36.0 Å². The van der Waals surface area contributed by atoms with Crippen LogP contribution in [-0.2, 0) is 19.0 Å². The molecule has 4 aliphatic carbocycles. The van der Waals surface area contributed by atoms with Crippen molar-refractivity contribution in [2.75, 3.05) is 6.61 Å². The fourth-order valence-electron chi connectivity index (χ4n) is 6.33. The van der Waals surface area contributed by atoms with E-state index in [2.05, 4.69) is 4.18 Å². The zero-order valence-corrected chi connectivity index (χ0v) is 21.7. The molecule has 4 fully saturated rings. The Morgan fingerprint density at radius 3 is 2.17 bits per heavy atom. The summed E-state index contributed by atoms with van der Waals surface area (Å²) in [6.45, 7) is -0.157. The number of hydrogen-bond donors (Lipinski definition) is 1. The summed E-state index contributed by atoms with van der Waals surface area (Å²) in [5.41, 5.74) is -1.25. The van der Waals surface area contributed by atoms with Crippen LogP contribution in [0.4, 0.5) is 13.6 Å². The van der Waals surface area contributed by atoms with Crippen LogP contribution in [0.25, 0.3) is 0 Å². The first kappa shape index (κ1) is 25.8. The van der Waals surface area contributed by atoms with E-state index >= 15 is 0 Å². The number of rotatable bonds is 8. The van der Waals surface area contributed by atoms with Crippen molar-refractivity contribution in [3.05, 3.63) is 54.6 Å². The van der Waals surface area contributed by atoms with Crippen LogP contribution in [0.3, 0.4) is 0 Å². The molecule has 0 aliphatic heterocycles. The third-order valence-electron chi connectivity index (χ3n) is 7.16. The van der Waals surface area contributed by atoms with E-state index in [1.807, 2.05) is 30.3 Å². The van der Waals surface area contributed by atoms with Gasteiger partial charge in [0.25, 0.3) is 0 Å². The number of aliphatic hydroxyl groups is 1. The van der Waals surface area contributed by atoms with Crippen molar-refractivity contribution >= 4 is 39.8 Å². The Morgan fingerprint density at radius 1 is 0.972 bits per heavy atom. The lowest BCUT2D eigenvalue weighted by atomic mass is 9.48. The molecule has 0 heterocycles. The maximum atomic E-state index is 14.6. The highest BCUT2D eigenvalue weighted by Crippen LogP contribution is 2.61. The third kappa shape index (κ3) is 5.54. The van der Waals surface area contributed by atoms with Gasteiger partial charge in [-0.25, -0.2) is 4.79 Å². The van der Waals surface area contributed by atoms with Gasteiger partial charge >= 0.3 is 20.9 Å². The van der Waals surface area contributed by atoms with E-state index in [9.17, 15) is 27.1 Å². The molecule has 4 aliphatic rings. The fourth-order valence-corrected chi connectivity index (χ4v) is 8.84. The summed E-state index contributed by atoms with van der Waals surface area (Å²) < 4.78 is 58.4. The van der Waals surface area contributed by atoms with Gasteiger partial charge in [-0.3, -0.25) is 0 Å². The zero-order chi connectivity index (χ0) is 25.6. The summed E-state index contributed by atoms with van der Waals surface area (Å²) >= 11 is 1.22. The van der Waals surface area contributed by atoms with Crippen LogP contribution in [0.1, 0.15) is 38.5 Å². The molecule has 1 N–H and O–H groups in total. The summed E-state index contributed by atoms with van der Waals surface area (Å²) in [5, 5.41) is 10.8. The van der Waals surface area contributed by atoms with Gasteiger partial charge in [-0.05, 0) is 98.5 Å². The molecule has 0 aromatic heterocycles. The van der Waals surface area contributed by atoms with E-state index in [-0.39, 0.29) is 23.3 Å². The Morgan fingerprint density at radius 2 is 1.56 bits per heavy atom. The molecule has 194 valence electrons. The fraction of sp³-hybridized carbons (Fsp3) is 0.480. The average Bonchev–Trinajstić information content (AvgIpc) is 2.78. The second-order valence-electron chi connectivity index (χ2n) is 10.2. The summed E-state index contributed by atoms with van der Waals surface area (Å²) in [4.78, 5) is 13.9. The van der Waals surface area contributed by atoms with Crippen LogP contribution in [0.5, 0.6) is 0 Å². The SMILES string of the molecule is O=C(OCC12CC3CC(CC(O)(C3)C1)C2)OS(=O)(=O)C(F)(F)Sc1ccc(Sc2ccccc2)cc1. The van der Waals surface area contributed by atoms with E-state index in [1.54, 1.807) is 12.1 Å². The topological polar surface area (TPSA) is 89.9 Å². The average molecular weight is 557 g/mol. The lowest BCUT2D eigenvalue weighted by molar-refractivity contribution is -0.176. The summed E-state index contributed by atoms with van der Waals surface area (Å²) in [6, 6.07) is 15.5. The number of carbonyl (C=O) groups excluding carboxylic acids is 1. The number of alkyl halides is 2. The highest BCUT2D eigenvalue weighted by atomic mass is 32.3. The van der Waals surface area contributed by atoms with E-state index in [4.69, 9.17) is 4.74 Å². The molecule has 0 saturated heterocycles. The van der Waals surface area contributed by atoms with Crippen LogP contribution >= 0.6 is 23.5 Å². The number of thioether (sulfide) groups is 1. The Labute approximate surface area is 217 Å². The molecule has 4 bridgehead atoms. The minimum absolute atomic E-state index is 0.000218. The van der Waals surface area contributed by atoms with Crippen LogP contribution < -0.4 is 0 Å². The molecule has 2 aromatic rings. The van der Waals surface area contributed by atoms with Crippen molar-refractivity contribution in [1.82, 2.24) is 0 Å². The van der Waals surface area contributed by atoms with Gasteiger partial charge in [0.05, 0.1) is 5.60 Å². The smallest absolute Gasteiger partial charge is 0.433 e. The first-order valence-corrected chi connectivity index (χ1v) is 14.7. The van der Waals surface area contributed by atoms with E-state index in [0.29, 0.717) is 18.3 Å². The predicted molar refractivity (Wildman–Crippen MR) is 131 cm³/mol. The summed E-state index contributed by atoms with van der Waals surface area (Å²) in [5.74, 6) is 0.663. The molecule has 4 saturated carbocycles. The lowest BCUT2D eigenvalue weighted by Gasteiger charge is -2.59. The Bertz CT molecular complexity index is 1210. The molecule has 6 nitrogen and oxygen atoms in total. The van der Waals surface area contributed by atoms with Gasteiger partial charge in [0, 0.05) is 20.1 Å². The third-order valence-corrected chi connectivity index (χ3v) is 10.7. The normalized spacial score (nSPS) is 29.2. The van der Waals surface area contributed by atoms with Gasteiger partial charge in [-0.1, -0.05) is 30.0 Å².